The number of aryl methyl sites for hydroxylation is 1. The van der Waals surface area contributed by atoms with Gasteiger partial charge in [0.2, 0.25) is 5.91 Å². The van der Waals surface area contributed by atoms with E-state index in [1.165, 1.54) is 11.3 Å². The lowest BCUT2D eigenvalue weighted by molar-refractivity contribution is -0.131. The fourth-order valence-corrected chi connectivity index (χ4v) is 3.52. The Morgan fingerprint density at radius 1 is 1.00 bits per heavy atom. The molecule has 2 aromatic carbocycles. The molecule has 142 valence electrons. The van der Waals surface area contributed by atoms with Crippen LogP contribution in [0.5, 0.6) is 0 Å². The zero-order chi connectivity index (χ0) is 19.2. The molecule has 0 atom stereocenters. The maximum Gasteiger partial charge on any atom is 0.251 e. The Labute approximate surface area is 168 Å². The lowest BCUT2D eigenvalue weighted by Gasteiger charge is -2.36. The molecule has 0 radical (unpaired) electrons. The van der Waals surface area contributed by atoms with Crippen LogP contribution in [0.4, 0.5) is 5.69 Å². The SMILES string of the molecule is Cc1ccccc1N1CCN(C(=O)CCNC(=O)c2ccc(Br)cc2)CC1. The van der Waals surface area contributed by atoms with Gasteiger partial charge in [0, 0.05) is 54.9 Å². The zero-order valence-corrected chi connectivity index (χ0v) is 17.0. The molecular weight excluding hydrogens is 406 g/mol. The predicted octanol–water partition coefficient (Wildman–Crippen LogP) is 3.23. The highest BCUT2D eigenvalue weighted by molar-refractivity contribution is 9.10. The number of carbonyl (C=O) groups is 2. The van der Waals surface area contributed by atoms with Crippen LogP contribution in [0.2, 0.25) is 0 Å². The highest BCUT2D eigenvalue weighted by atomic mass is 79.9. The monoisotopic (exact) mass is 429 g/mol. The summed E-state index contributed by atoms with van der Waals surface area (Å²) >= 11 is 3.35. The van der Waals surface area contributed by atoms with Crippen molar-refractivity contribution in [1.29, 1.82) is 0 Å². The average molecular weight is 430 g/mol. The van der Waals surface area contributed by atoms with Crippen LogP contribution in [-0.4, -0.2) is 49.4 Å². The molecule has 6 heteroatoms. The summed E-state index contributed by atoms with van der Waals surface area (Å²) in [6.07, 6.45) is 0.326. The molecular formula is C21H24BrN3O2. The fraction of sp³-hybridized carbons (Fsp3) is 0.333. The third-order valence-corrected chi connectivity index (χ3v) is 5.35. The quantitative estimate of drug-likeness (QED) is 0.793. The first-order chi connectivity index (χ1) is 13.0. The van der Waals surface area contributed by atoms with Gasteiger partial charge in [-0.15, -0.1) is 0 Å². The number of anilines is 1. The topological polar surface area (TPSA) is 52.6 Å². The van der Waals surface area contributed by atoms with Crippen molar-refractivity contribution in [3.05, 3.63) is 64.1 Å². The molecule has 0 saturated carbocycles. The van der Waals surface area contributed by atoms with Crippen molar-refractivity contribution in [3.8, 4) is 0 Å². The summed E-state index contributed by atoms with van der Waals surface area (Å²) in [4.78, 5) is 28.7. The molecule has 0 spiro atoms. The Morgan fingerprint density at radius 2 is 1.67 bits per heavy atom. The number of rotatable bonds is 5. The lowest BCUT2D eigenvalue weighted by Crippen LogP contribution is -2.49. The third-order valence-electron chi connectivity index (χ3n) is 4.82. The molecule has 1 fully saturated rings. The smallest absolute Gasteiger partial charge is 0.251 e. The van der Waals surface area contributed by atoms with Crippen LogP contribution in [0, 0.1) is 6.92 Å². The Bertz CT molecular complexity index is 799. The molecule has 2 aromatic rings. The van der Waals surface area contributed by atoms with Gasteiger partial charge in [-0.3, -0.25) is 9.59 Å². The van der Waals surface area contributed by atoms with Crippen LogP contribution in [0.3, 0.4) is 0 Å². The van der Waals surface area contributed by atoms with Crippen LogP contribution in [0.1, 0.15) is 22.3 Å². The first-order valence-corrected chi connectivity index (χ1v) is 9.96. The highest BCUT2D eigenvalue weighted by Crippen LogP contribution is 2.20. The summed E-state index contributed by atoms with van der Waals surface area (Å²) in [7, 11) is 0. The number of hydrogen-bond acceptors (Lipinski definition) is 3. The van der Waals surface area contributed by atoms with Gasteiger partial charge in [0.05, 0.1) is 0 Å². The maximum atomic E-state index is 12.4. The fourth-order valence-electron chi connectivity index (χ4n) is 3.26. The van der Waals surface area contributed by atoms with Crippen molar-refractivity contribution in [1.82, 2.24) is 10.2 Å². The van der Waals surface area contributed by atoms with E-state index in [9.17, 15) is 9.59 Å². The van der Waals surface area contributed by atoms with Gasteiger partial charge in [-0.25, -0.2) is 0 Å². The van der Waals surface area contributed by atoms with Gasteiger partial charge in [-0.2, -0.15) is 0 Å². The minimum absolute atomic E-state index is 0.0931. The second-order valence-electron chi connectivity index (χ2n) is 6.67. The molecule has 1 heterocycles. The van der Waals surface area contributed by atoms with E-state index >= 15 is 0 Å². The van der Waals surface area contributed by atoms with Gasteiger partial charge in [-0.1, -0.05) is 34.1 Å². The van der Waals surface area contributed by atoms with Gasteiger partial charge < -0.3 is 15.1 Å². The third kappa shape index (κ3) is 5.10. The molecule has 1 N–H and O–H groups in total. The number of nitrogens with zero attached hydrogens (tertiary/aromatic N) is 2. The molecule has 1 aliphatic rings. The Kier molecular flexibility index (Phi) is 6.50. The van der Waals surface area contributed by atoms with Gasteiger partial charge in [0.25, 0.3) is 5.91 Å². The van der Waals surface area contributed by atoms with E-state index in [-0.39, 0.29) is 11.8 Å². The second-order valence-corrected chi connectivity index (χ2v) is 7.58. The highest BCUT2D eigenvalue weighted by Gasteiger charge is 2.21. The number of amides is 2. The Hall–Kier alpha value is -2.34. The van der Waals surface area contributed by atoms with Crippen LogP contribution in [-0.2, 0) is 4.79 Å². The first kappa shape index (κ1) is 19.4. The summed E-state index contributed by atoms with van der Waals surface area (Å²) in [5.41, 5.74) is 3.09. The number of piperazine rings is 1. The van der Waals surface area contributed by atoms with E-state index in [1.807, 2.05) is 29.2 Å². The summed E-state index contributed by atoms with van der Waals surface area (Å²) < 4.78 is 0.930. The standard InChI is InChI=1S/C21H24BrN3O2/c1-16-4-2-3-5-19(16)24-12-14-25(15-13-24)20(26)10-11-23-21(27)17-6-8-18(22)9-7-17/h2-9H,10-15H2,1H3,(H,23,27). The molecule has 5 nitrogen and oxygen atoms in total. The Balaban J connectivity index is 1.42. The van der Waals surface area contributed by atoms with Crippen LogP contribution < -0.4 is 10.2 Å². The van der Waals surface area contributed by atoms with E-state index in [0.29, 0.717) is 31.6 Å². The molecule has 2 amide bonds. The zero-order valence-electron chi connectivity index (χ0n) is 15.5. The largest absolute Gasteiger partial charge is 0.368 e. The van der Waals surface area contributed by atoms with Gasteiger partial charge in [0.1, 0.15) is 0 Å². The van der Waals surface area contributed by atoms with Gasteiger partial charge in [-0.05, 0) is 42.8 Å². The number of nitrogens with one attached hydrogen (secondary N) is 1. The van der Waals surface area contributed by atoms with Crippen molar-refractivity contribution in [3.63, 3.8) is 0 Å². The van der Waals surface area contributed by atoms with Crippen molar-refractivity contribution >= 4 is 33.4 Å². The van der Waals surface area contributed by atoms with E-state index in [0.717, 1.165) is 17.6 Å². The first-order valence-electron chi connectivity index (χ1n) is 9.17. The second kappa shape index (κ2) is 9.04. The summed E-state index contributed by atoms with van der Waals surface area (Å²) in [5.74, 6) is -0.0600. The normalized spacial score (nSPS) is 14.1. The number of hydrogen-bond donors (Lipinski definition) is 1. The lowest BCUT2D eigenvalue weighted by atomic mass is 10.1. The molecule has 0 unspecified atom stereocenters. The van der Waals surface area contributed by atoms with E-state index in [4.69, 9.17) is 0 Å². The molecule has 1 saturated heterocycles. The Morgan fingerprint density at radius 3 is 2.33 bits per heavy atom. The molecule has 0 aliphatic carbocycles. The number of carbonyl (C=O) groups excluding carboxylic acids is 2. The van der Waals surface area contributed by atoms with Crippen molar-refractivity contribution in [2.45, 2.75) is 13.3 Å². The molecule has 3 rings (SSSR count). The van der Waals surface area contributed by atoms with Crippen LogP contribution in [0.25, 0.3) is 0 Å². The molecule has 0 aromatic heterocycles. The molecule has 1 aliphatic heterocycles. The average Bonchev–Trinajstić information content (AvgIpc) is 2.69. The van der Waals surface area contributed by atoms with E-state index in [1.54, 1.807) is 12.1 Å². The molecule has 0 bridgehead atoms. The van der Waals surface area contributed by atoms with Gasteiger partial charge in [0.15, 0.2) is 0 Å². The van der Waals surface area contributed by atoms with Crippen LogP contribution >= 0.6 is 15.9 Å². The van der Waals surface area contributed by atoms with Crippen molar-refractivity contribution in [2.24, 2.45) is 0 Å². The number of halogens is 1. The maximum absolute atomic E-state index is 12.4. The van der Waals surface area contributed by atoms with Crippen molar-refractivity contribution in [2.75, 3.05) is 37.6 Å². The number of benzene rings is 2. The van der Waals surface area contributed by atoms with Crippen LogP contribution in [0.15, 0.2) is 53.0 Å². The minimum atomic E-state index is -0.153. The summed E-state index contributed by atoms with van der Waals surface area (Å²) in [5, 5.41) is 2.82. The number of para-hydroxylation sites is 1. The minimum Gasteiger partial charge on any atom is -0.368 e. The van der Waals surface area contributed by atoms with E-state index in [2.05, 4.69) is 45.2 Å². The predicted molar refractivity (Wildman–Crippen MR) is 111 cm³/mol. The van der Waals surface area contributed by atoms with Crippen molar-refractivity contribution < 1.29 is 9.59 Å². The summed E-state index contributed by atoms with van der Waals surface area (Å²) in [6, 6.07) is 15.5. The van der Waals surface area contributed by atoms with Gasteiger partial charge >= 0.3 is 0 Å². The molecule has 27 heavy (non-hydrogen) atoms. The summed E-state index contributed by atoms with van der Waals surface area (Å²) in [6.45, 7) is 5.57. The van der Waals surface area contributed by atoms with E-state index < -0.39 is 0 Å².